The van der Waals surface area contributed by atoms with E-state index in [1.54, 1.807) is 16.9 Å². The van der Waals surface area contributed by atoms with Crippen LogP contribution in [-0.2, 0) is 20.1 Å². The van der Waals surface area contributed by atoms with Crippen LogP contribution in [0.1, 0.15) is 18.2 Å². The van der Waals surface area contributed by atoms with Crippen molar-refractivity contribution in [1.29, 1.82) is 0 Å². The van der Waals surface area contributed by atoms with Crippen molar-refractivity contribution in [3.8, 4) is 0 Å². The zero-order valence-electron chi connectivity index (χ0n) is 12.6. The Hall–Kier alpha value is -1.89. The van der Waals surface area contributed by atoms with Gasteiger partial charge >= 0.3 is 0 Å². The molecule has 0 fully saturated rings. The Labute approximate surface area is 137 Å². The first kappa shape index (κ1) is 16.5. The molecule has 2 N–H and O–H groups in total. The minimum Gasteiger partial charge on any atom is -0.357 e. The molecular formula is C15H19BrFN5. The van der Waals surface area contributed by atoms with Gasteiger partial charge in [-0.05, 0) is 46.6 Å². The molecule has 2 aromatic rings. The summed E-state index contributed by atoms with van der Waals surface area (Å²) >= 11 is 3.14. The average Bonchev–Trinajstić information content (AvgIpc) is 2.91. The van der Waals surface area contributed by atoms with Crippen molar-refractivity contribution < 1.29 is 4.39 Å². The lowest BCUT2D eigenvalue weighted by molar-refractivity contribution is 0.618. The molecule has 1 heterocycles. The Morgan fingerprint density at radius 1 is 1.36 bits per heavy atom. The Kier molecular flexibility index (Phi) is 5.94. The summed E-state index contributed by atoms with van der Waals surface area (Å²) in [6.45, 7) is 3.79. The number of benzene rings is 1. The fourth-order valence-corrected chi connectivity index (χ4v) is 2.15. The summed E-state index contributed by atoms with van der Waals surface area (Å²) in [5, 5.41) is 10.5. The molecule has 0 saturated carbocycles. The maximum absolute atomic E-state index is 13.5. The third kappa shape index (κ3) is 4.56. The van der Waals surface area contributed by atoms with E-state index >= 15 is 0 Å². The molecule has 0 spiro atoms. The van der Waals surface area contributed by atoms with E-state index in [-0.39, 0.29) is 5.82 Å². The summed E-state index contributed by atoms with van der Waals surface area (Å²) in [6.07, 6.45) is 1.76. The van der Waals surface area contributed by atoms with E-state index < -0.39 is 0 Å². The molecule has 0 radical (unpaired) electrons. The predicted molar refractivity (Wildman–Crippen MR) is 89.0 cm³/mol. The molecule has 0 aliphatic heterocycles. The Bertz CT molecular complexity index is 653. The van der Waals surface area contributed by atoms with Crippen LogP contribution >= 0.6 is 15.9 Å². The van der Waals surface area contributed by atoms with Crippen LogP contribution in [0, 0.1) is 5.82 Å². The molecule has 1 aromatic heterocycles. The van der Waals surface area contributed by atoms with Gasteiger partial charge in [0.1, 0.15) is 5.82 Å². The van der Waals surface area contributed by atoms with Gasteiger partial charge in [0.15, 0.2) is 5.96 Å². The van der Waals surface area contributed by atoms with Crippen molar-refractivity contribution in [2.45, 2.75) is 20.0 Å². The number of aromatic nitrogens is 2. The zero-order chi connectivity index (χ0) is 15.9. The van der Waals surface area contributed by atoms with E-state index in [0.29, 0.717) is 23.5 Å². The highest BCUT2D eigenvalue weighted by Gasteiger charge is 2.03. The molecular weight excluding hydrogens is 349 g/mol. The standard InChI is InChI=1S/C15H19BrFN5/c1-3-18-15(20-10-12-6-7-21-22(12)2)19-9-11-4-5-13(16)14(17)8-11/h4-8H,3,9-10H2,1-2H3,(H2,18,19,20). The molecule has 7 heteroatoms. The normalized spacial score (nSPS) is 11.5. The number of nitrogens with zero attached hydrogens (tertiary/aromatic N) is 3. The number of aliphatic imine (C=N–C) groups is 1. The molecule has 118 valence electrons. The van der Waals surface area contributed by atoms with Gasteiger partial charge in [0.05, 0.1) is 23.3 Å². The summed E-state index contributed by atoms with van der Waals surface area (Å²) in [5.74, 6) is 0.410. The maximum atomic E-state index is 13.5. The van der Waals surface area contributed by atoms with Gasteiger partial charge in [0, 0.05) is 19.8 Å². The largest absolute Gasteiger partial charge is 0.357 e. The van der Waals surface area contributed by atoms with E-state index in [2.05, 4.69) is 36.7 Å². The van der Waals surface area contributed by atoms with Crippen LogP contribution in [0.15, 0.2) is 39.9 Å². The minimum absolute atomic E-state index is 0.277. The van der Waals surface area contributed by atoms with Crippen LogP contribution < -0.4 is 10.6 Å². The van der Waals surface area contributed by atoms with Crippen LogP contribution in [0.25, 0.3) is 0 Å². The van der Waals surface area contributed by atoms with Crippen molar-refractivity contribution >= 4 is 21.9 Å². The van der Waals surface area contributed by atoms with E-state index in [9.17, 15) is 4.39 Å². The number of aryl methyl sites for hydroxylation is 1. The Morgan fingerprint density at radius 3 is 2.82 bits per heavy atom. The van der Waals surface area contributed by atoms with Crippen molar-refractivity contribution in [1.82, 2.24) is 20.4 Å². The molecule has 0 aliphatic rings. The molecule has 0 bridgehead atoms. The monoisotopic (exact) mass is 367 g/mol. The van der Waals surface area contributed by atoms with E-state index in [4.69, 9.17) is 0 Å². The summed E-state index contributed by atoms with van der Waals surface area (Å²) in [6, 6.07) is 6.97. The number of rotatable bonds is 5. The van der Waals surface area contributed by atoms with E-state index in [1.807, 2.05) is 26.1 Å². The van der Waals surface area contributed by atoms with Gasteiger partial charge in [0.2, 0.25) is 0 Å². The molecule has 22 heavy (non-hydrogen) atoms. The van der Waals surface area contributed by atoms with Gasteiger partial charge in [-0.3, -0.25) is 4.68 Å². The first-order valence-corrected chi connectivity index (χ1v) is 7.82. The molecule has 0 saturated heterocycles. The minimum atomic E-state index is -0.277. The molecule has 1 aromatic carbocycles. The second kappa shape index (κ2) is 7.93. The molecule has 0 amide bonds. The lowest BCUT2D eigenvalue weighted by Crippen LogP contribution is -2.37. The number of hydrogen-bond acceptors (Lipinski definition) is 2. The fourth-order valence-electron chi connectivity index (χ4n) is 1.90. The van der Waals surface area contributed by atoms with Crippen LogP contribution in [-0.4, -0.2) is 22.3 Å². The molecule has 0 atom stereocenters. The second-order valence-corrected chi connectivity index (χ2v) is 5.60. The highest BCUT2D eigenvalue weighted by atomic mass is 79.9. The number of halogens is 2. The van der Waals surface area contributed by atoms with E-state index in [1.165, 1.54) is 6.07 Å². The smallest absolute Gasteiger partial charge is 0.191 e. The summed E-state index contributed by atoms with van der Waals surface area (Å²) < 4.78 is 15.8. The topological polar surface area (TPSA) is 54.2 Å². The molecule has 2 rings (SSSR count). The van der Waals surface area contributed by atoms with Crippen LogP contribution in [0.5, 0.6) is 0 Å². The first-order chi connectivity index (χ1) is 10.6. The Morgan fingerprint density at radius 2 is 2.18 bits per heavy atom. The molecule has 5 nitrogen and oxygen atoms in total. The first-order valence-electron chi connectivity index (χ1n) is 7.03. The van der Waals surface area contributed by atoms with Crippen LogP contribution in [0.2, 0.25) is 0 Å². The van der Waals surface area contributed by atoms with Crippen LogP contribution in [0.4, 0.5) is 4.39 Å². The van der Waals surface area contributed by atoms with Crippen LogP contribution in [0.3, 0.4) is 0 Å². The van der Waals surface area contributed by atoms with Crippen molar-refractivity contribution in [2.75, 3.05) is 6.54 Å². The number of hydrogen-bond donors (Lipinski definition) is 2. The highest BCUT2D eigenvalue weighted by molar-refractivity contribution is 9.10. The molecule has 0 aliphatic carbocycles. The third-order valence-electron chi connectivity index (χ3n) is 3.11. The summed E-state index contributed by atoms with van der Waals surface area (Å²) in [5.41, 5.74) is 1.87. The lowest BCUT2D eigenvalue weighted by atomic mass is 10.2. The third-order valence-corrected chi connectivity index (χ3v) is 3.75. The lowest BCUT2D eigenvalue weighted by Gasteiger charge is -2.11. The van der Waals surface area contributed by atoms with E-state index in [0.717, 1.165) is 17.8 Å². The van der Waals surface area contributed by atoms with Crippen molar-refractivity contribution in [2.24, 2.45) is 12.0 Å². The Balaban J connectivity index is 2.00. The van der Waals surface area contributed by atoms with Gasteiger partial charge in [-0.15, -0.1) is 0 Å². The van der Waals surface area contributed by atoms with Gasteiger partial charge < -0.3 is 10.6 Å². The zero-order valence-corrected chi connectivity index (χ0v) is 14.2. The fraction of sp³-hybridized carbons (Fsp3) is 0.333. The SMILES string of the molecule is CCNC(=NCc1ccc(Br)c(F)c1)NCc1ccnn1C. The predicted octanol–water partition coefficient (Wildman–Crippen LogP) is 2.58. The maximum Gasteiger partial charge on any atom is 0.191 e. The quantitative estimate of drug-likeness (QED) is 0.630. The second-order valence-electron chi connectivity index (χ2n) is 4.74. The number of guanidine groups is 1. The summed E-state index contributed by atoms with van der Waals surface area (Å²) in [4.78, 5) is 4.47. The number of nitrogens with one attached hydrogen (secondary N) is 2. The van der Waals surface area contributed by atoms with Crippen molar-refractivity contribution in [3.63, 3.8) is 0 Å². The van der Waals surface area contributed by atoms with Crippen molar-refractivity contribution in [3.05, 3.63) is 52.0 Å². The average molecular weight is 368 g/mol. The van der Waals surface area contributed by atoms with Gasteiger partial charge in [-0.1, -0.05) is 6.07 Å². The highest BCUT2D eigenvalue weighted by Crippen LogP contribution is 2.16. The molecule has 0 unspecified atom stereocenters. The van der Waals surface area contributed by atoms with Gasteiger partial charge in [0.25, 0.3) is 0 Å². The van der Waals surface area contributed by atoms with Gasteiger partial charge in [-0.25, -0.2) is 9.38 Å². The van der Waals surface area contributed by atoms with Gasteiger partial charge in [-0.2, -0.15) is 5.10 Å². The summed E-state index contributed by atoms with van der Waals surface area (Å²) in [7, 11) is 1.89.